The lowest BCUT2D eigenvalue weighted by atomic mass is 10.1. The molecule has 0 unspecified atom stereocenters. The van der Waals surface area contributed by atoms with E-state index in [1.54, 1.807) is 12.1 Å². The first kappa shape index (κ1) is 25.0. The Morgan fingerprint density at radius 3 is 2.69 bits per heavy atom. The summed E-state index contributed by atoms with van der Waals surface area (Å²) < 4.78 is 22.5. The zero-order valence-electron chi connectivity index (χ0n) is 19.2. The van der Waals surface area contributed by atoms with Crippen molar-refractivity contribution in [1.29, 1.82) is 0 Å². The van der Waals surface area contributed by atoms with Gasteiger partial charge in [0.2, 0.25) is 0 Å². The minimum Gasteiger partial charge on any atom is -0.496 e. The number of halogens is 2. The number of nitrogens with zero attached hydrogens (tertiary/aromatic N) is 6. The maximum absolute atomic E-state index is 13.8. The van der Waals surface area contributed by atoms with Crippen LogP contribution in [0.25, 0.3) is 20.7 Å². The van der Waals surface area contributed by atoms with Gasteiger partial charge in [-0.05, 0) is 56.3 Å². The van der Waals surface area contributed by atoms with Gasteiger partial charge in [0.1, 0.15) is 16.3 Å². The number of piperidine rings is 1. The molecule has 4 heterocycles. The van der Waals surface area contributed by atoms with Gasteiger partial charge in [0.25, 0.3) is 5.56 Å². The quantitative estimate of drug-likeness (QED) is 0.415. The highest BCUT2D eigenvalue weighted by atomic mass is 35.5. The van der Waals surface area contributed by atoms with Crippen molar-refractivity contribution < 1.29 is 9.13 Å². The van der Waals surface area contributed by atoms with Gasteiger partial charge < -0.3 is 10.1 Å². The Morgan fingerprint density at radius 1 is 1.23 bits per heavy atom. The van der Waals surface area contributed by atoms with Crippen molar-refractivity contribution in [3.63, 3.8) is 0 Å². The van der Waals surface area contributed by atoms with E-state index in [4.69, 9.17) is 4.74 Å². The molecule has 0 aliphatic carbocycles. The highest BCUT2D eigenvalue weighted by Crippen LogP contribution is 2.37. The van der Waals surface area contributed by atoms with E-state index in [-0.39, 0.29) is 30.6 Å². The molecule has 5 rings (SSSR count). The smallest absolute Gasteiger partial charge is 0.332 e. The third kappa shape index (κ3) is 4.60. The first-order valence-electron chi connectivity index (χ1n) is 11.1. The van der Waals surface area contributed by atoms with Crippen LogP contribution >= 0.6 is 23.7 Å². The zero-order chi connectivity index (χ0) is 23.8. The van der Waals surface area contributed by atoms with Gasteiger partial charge in [0.05, 0.1) is 25.7 Å². The predicted molar refractivity (Wildman–Crippen MR) is 133 cm³/mol. The minimum atomic E-state index is -0.419. The van der Waals surface area contributed by atoms with Crippen LogP contribution in [0.3, 0.4) is 0 Å². The molecular formula is C22H25ClFN7O3S. The normalized spacial score (nSPS) is 14.3. The lowest BCUT2D eigenvalue weighted by Gasteiger charge is -2.24. The molecule has 35 heavy (non-hydrogen) atoms. The fraction of sp³-hybridized carbons (Fsp3) is 0.409. The summed E-state index contributed by atoms with van der Waals surface area (Å²) in [7, 11) is 1.47. The molecule has 0 saturated carbocycles. The van der Waals surface area contributed by atoms with E-state index in [0.29, 0.717) is 51.6 Å². The lowest BCUT2D eigenvalue weighted by molar-refractivity contribution is 0.346. The van der Waals surface area contributed by atoms with Crippen molar-refractivity contribution in [3.8, 4) is 16.2 Å². The second-order valence-corrected chi connectivity index (χ2v) is 9.14. The first-order valence-corrected chi connectivity index (χ1v) is 11.9. The molecule has 4 aromatic rings. The molecule has 0 spiro atoms. The number of rotatable bonds is 6. The molecule has 1 fully saturated rings. The van der Waals surface area contributed by atoms with E-state index in [0.717, 1.165) is 13.1 Å². The summed E-state index contributed by atoms with van der Waals surface area (Å²) >= 11 is 1.26. The van der Waals surface area contributed by atoms with Crippen molar-refractivity contribution in [2.45, 2.75) is 38.9 Å². The SMILES string of the molecule is CCn1nnc(Cn2c(=O)n(C3CCNCC3)c(=O)c3sc(-c4ccc(F)cc4OC)cc32)n1.Cl. The van der Waals surface area contributed by atoms with E-state index in [2.05, 4.69) is 20.7 Å². The molecule has 0 amide bonds. The molecule has 186 valence electrons. The first-order chi connectivity index (χ1) is 16.5. The monoisotopic (exact) mass is 521 g/mol. The molecule has 1 aliphatic heterocycles. The summed E-state index contributed by atoms with van der Waals surface area (Å²) in [6, 6.07) is 5.83. The van der Waals surface area contributed by atoms with E-state index in [9.17, 15) is 14.0 Å². The van der Waals surface area contributed by atoms with Gasteiger partial charge in [-0.1, -0.05) is 0 Å². The number of hydrogen-bond donors (Lipinski definition) is 1. The maximum Gasteiger partial charge on any atom is 0.332 e. The van der Waals surface area contributed by atoms with Gasteiger partial charge in [0.15, 0.2) is 5.82 Å². The van der Waals surface area contributed by atoms with Crippen molar-refractivity contribution >= 4 is 34.0 Å². The third-order valence-corrected chi connectivity index (χ3v) is 7.18. The number of aryl methyl sites for hydroxylation is 1. The Morgan fingerprint density at radius 2 is 2.00 bits per heavy atom. The van der Waals surface area contributed by atoms with Crippen molar-refractivity contribution in [3.05, 3.63) is 56.7 Å². The Labute approximate surface area is 209 Å². The van der Waals surface area contributed by atoms with E-state index >= 15 is 0 Å². The van der Waals surface area contributed by atoms with Crippen molar-refractivity contribution in [2.24, 2.45) is 0 Å². The standard InChI is InChI=1S/C22H24FN7O3S.ClH/c1-3-29-26-19(25-27-29)12-28-16-11-18(15-5-4-13(23)10-17(15)33-2)34-20(16)21(31)30(22(28)32)14-6-8-24-9-7-14;/h4-5,10-11,14,24H,3,6-9,12H2,1-2H3;1H. The zero-order valence-corrected chi connectivity index (χ0v) is 20.9. The van der Waals surface area contributed by atoms with Crippen LogP contribution in [-0.2, 0) is 13.1 Å². The summed E-state index contributed by atoms with van der Waals surface area (Å²) in [5, 5.41) is 15.6. The molecule has 1 aliphatic rings. The highest BCUT2D eigenvalue weighted by Gasteiger charge is 2.25. The predicted octanol–water partition coefficient (Wildman–Crippen LogP) is 2.44. The van der Waals surface area contributed by atoms with Gasteiger partial charge in [-0.2, -0.15) is 4.80 Å². The van der Waals surface area contributed by atoms with Gasteiger partial charge >= 0.3 is 5.69 Å². The molecule has 0 radical (unpaired) electrons. The van der Waals surface area contributed by atoms with Crippen LogP contribution in [0.2, 0.25) is 0 Å². The largest absolute Gasteiger partial charge is 0.496 e. The van der Waals surface area contributed by atoms with Crippen LogP contribution in [-0.4, -0.2) is 49.5 Å². The second kappa shape index (κ2) is 10.3. The molecule has 3 aromatic heterocycles. The van der Waals surface area contributed by atoms with Gasteiger partial charge in [-0.15, -0.1) is 33.9 Å². The fourth-order valence-corrected chi connectivity index (χ4v) is 5.45. The number of fused-ring (bicyclic) bond motifs is 1. The maximum atomic E-state index is 13.8. The summed E-state index contributed by atoms with van der Waals surface area (Å²) in [6.07, 6.45) is 1.38. The Balaban J connectivity index is 0.00000289. The number of hydrogen-bond acceptors (Lipinski definition) is 8. The molecule has 0 bridgehead atoms. The van der Waals surface area contributed by atoms with Crippen LogP contribution in [0.5, 0.6) is 5.75 Å². The number of ether oxygens (including phenoxy) is 1. The Kier molecular flexibility index (Phi) is 7.33. The van der Waals surface area contributed by atoms with Crippen LogP contribution in [0.15, 0.2) is 33.9 Å². The second-order valence-electron chi connectivity index (χ2n) is 8.09. The van der Waals surface area contributed by atoms with Crippen LogP contribution in [0.4, 0.5) is 4.39 Å². The summed E-state index contributed by atoms with van der Waals surface area (Å²) in [4.78, 5) is 29.4. The van der Waals surface area contributed by atoms with Gasteiger partial charge in [-0.3, -0.25) is 13.9 Å². The fourth-order valence-electron chi connectivity index (χ4n) is 4.32. The molecule has 0 atom stereocenters. The topological polar surface area (TPSA) is 109 Å². The van der Waals surface area contributed by atoms with Crippen molar-refractivity contribution in [2.75, 3.05) is 20.2 Å². The third-order valence-electron chi connectivity index (χ3n) is 6.03. The van der Waals surface area contributed by atoms with Crippen LogP contribution in [0.1, 0.15) is 31.6 Å². The Hall–Kier alpha value is -3.09. The molecule has 1 aromatic carbocycles. The van der Waals surface area contributed by atoms with E-state index in [1.807, 2.05) is 6.92 Å². The summed E-state index contributed by atoms with van der Waals surface area (Å²) in [5.41, 5.74) is 0.421. The van der Waals surface area contributed by atoms with Gasteiger partial charge in [-0.25, -0.2) is 9.18 Å². The molecule has 13 heteroatoms. The summed E-state index contributed by atoms with van der Waals surface area (Å²) in [5.74, 6) is 0.316. The molecule has 10 nitrogen and oxygen atoms in total. The number of thiophene rings is 1. The minimum absolute atomic E-state index is 0. The number of aromatic nitrogens is 6. The number of tetrazole rings is 1. The van der Waals surface area contributed by atoms with E-state index < -0.39 is 11.5 Å². The molecular weight excluding hydrogens is 497 g/mol. The van der Waals surface area contributed by atoms with Crippen molar-refractivity contribution in [1.82, 2.24) is 34.7 Å². The average molecular weight is 522 g/mol. The lowest BCUT2D eigenvalue weighted by Crippen LogP contribution is -2.45. The Bertz CT molecular complexity index is 1470. The number of nitrogens with one attached hydrogen (secondary N) is 1. The van der Waals surface area contributed by atoms with Gasteiger partial charge in [0, 0.05) is 22.5 Å². The number of methoxy groups -OCH3 is 1. The van der Waals surface area contributed by atoms with Crippen LogP contribution < -0.4 is 21.3 Å². The molecule has 1 saturated heterocycles. The molecule has 1 N–H and O–H groups in total. The van der Waals surface area contributed by atoms with E-state index in [1.165, 1.54) is 44.5 Å². The average Bonchev–Trinajstić information content (AvgIpc) is 3.50. The van der Waals surface area contributed by atoms with Crippen LogP contribution in [0, 0.1) is 5.82 Å². The highest BCUT2D eigenvalue weighted by molar-refractivity contribution is 7.22. The summed E-state index contributed by atoms with van der Waals surface area (Å²) in [6.45, 7) is 4.01. The number of benzene rings is 1.